The summed E-state index contributed by atoms with van der Waals surface area (Å²) in [6, 6.07) is 16.5. The summed E-state index contributed by atoms with van der Waals surface area (Å²) in [5.74, 6) is 0.185. The third kappa shape index (κ3) is 3.95. The molecule has 0 aliphatic carbocycles. The summed E-state index contributed by atoms with van der Waals surface area (Å²) in [5.41, 5.74) is 4.39. The van der Waals surface area contributed by atoms with Crippen LogP contribution in [0.5, 0.6) is 0 Å². The predicted molar refractivity (Wildman–Crippen MR) is 111 cm³/mol. The fourth-order valence-corrected chi connectivity index (χ4v) is 4.36. The number of rotatable bonds is 4. The lowest BCUT2D eigenvalue weighted by atomic mass is 10.2. The van der Waals surface area contributed by atoms with Crippen molar-refractivity contribution in [3.05, 3.63) is 54.1 Å². The zero-order chi connectivity index (χ0) is 18.8. The van der Waals surface area contributed by atoms with E-state index in [1.165, 1.54) is 23.0 Å². The number of imidazole rings is 1. The molecule has 1 aliphatic heterocycles. The van der Waals surface area contributed by atoms with Crippen LogP contribution in [0, 0.1) is 6.92 Å². The van der Waals surface area contributed by atoms with Gasteiger partial charge < -0.3 is 14.8 Å². The van der Waals surface area contributed by atoms with Crippen LogP contribution in [0.15, 0.2) is 53.7 Å². The van der Waals surface area contributed by atoms with Crippen molar-refractivity contribution in [2.45, 2.75) is 24.3 Å². The second kappa shape index (κ2) is 7.64. The SMILES string of the molecule is Cc1ccc2nc(SC(C)C(=O)N3CCN(c4ccccc4)CC3)[nH]c2c1. The minimum Gasteiger partial charge on any atom is -0.368 e. The molecule has 1 N–H and O–H groups in total. The molecule has 1 saturated heterocycles. The molecule has 1 atom stereocenters. The number of carbonyl (C=O) groups excluding carboxylic acids is 1. The summed E-state index contributed by atoms with van der Waals surface area (Å²) >= 11 is 1.50. The molecule has 4 rings (SSSR count). The predicted octanol–water partition coefficient (Wildman–Crippen LogP) is 3.70. The van der Waals surface area contributed by atoms with Crippen molar-refractivity contribution < 1.29 is 4.79 Å². The quantitative estimate of drug-likeness (QED) is 0.701. The molecule has 140 valence electrons. The van der Waals surface area contributed by atoms with Crippen LogP contribution in [-0.4, -0.2) is 52.2 Å². The average molecular weight is 381 g/mol. The van der Waals surface area contributed by atoms with Gasteiger partial charge >= 0.3 is 0 Å². The van der Waals surface area contributed by atoms with E-state index in [-0.39, 0.29) is 11.2 Å². The van der Waals surface area contributed by atoms with Gasteiger partial charge in [0.25, 0.3) is 0 Å². The molecule has 1 unspecified atom stereocenters. The van der Waals surface area contributed by atoms with Crippen molar-refractivity contribution in [2.24, 2.45) is 0 Å². The highest BCUT2D eigenvalue weighted by molar-refractivity contribution is 8.00. The maximum absolute atomic E-state index is 12.9. The number of benzene rings is 2. The van der Waals surface area contributed by atoms with Crippen LogP contribution in [0.25, 0.3) is 11.0 Å². The van der Waals surface area contributed by atoms with Crippen LogP contribution in [0.1, 0.15) is 12.5 Å². The molecule has 5 nitrogen and oxygen atoms in total. The zero-order valence-electron chi connectivity index (χ0n) is 15.7. The van der Waals surface area contributed by atoms with Crippen molar-refractivity contribution in [2.75, 3.05) is 31.1 Å². The van der Waals surface area contributed by atoms with Gasteiger partial charge in [0, 0.05) is 31.9 Å². The van der Waals surface area contributed by atoms with Crippen molar-refractivity contribution >= 4 is 34.4 Å². The number of thioether (sulfide) groups is 1. The number of para-hydroxylation sites is 1. The molecule has 3 aromatic rings. The molecule has 1 aliphatic rings. The average Bonchev–Trinajstić information content (AvgIpc) is 3.09. The topological polar surface area (TPSA) is 52.2 Å². The van der Waals surface area contributed by atoms with E-state index in [1.54, 1.807) is 0 Å². The highest BCUT2D eigenvalue weighted by Crippen LogP contribution is 2.26. The number of amides is 1. The third-order valence-corrected chi connectivity index (χ3v) is 5.94. The van der Waals surface area contributed by atoms with Crippen molar-refractivity contribution in [1.82, 2.24) is 14.9 Å². The number of hydrogen-bond donors (Lipinski definition) is 1. The second-order valence-electron chi connectivity index (χ2n) is 6.97. The molecule has 1 amide bonds. The number of aryl methyl sites for hydroxylation is 1. The second-order valence-corrected chi connectivity index (χ2v) is 8.30. The van der Waals surface area contributed by atoms with Crippen molar-refractivity contribution in [3.8, 4) is 0 Å². The Labute approximate surface area is 163 Å². The van der Waals surface area contributed by atoms with Crippen molar-refractivity contribution in [1.29, 1.82) is 0 Å². The van der Waals surface area contributed by atoms with E-state index in [1.807, 2.05) is 24.0 Å². The van der Waals surface area contributed by atoms with Crippen LogP contribution in [0.3, 0.4) is 0 Å². The van der Waals surface area contributed by atoms with Crippen LogP contribution in [-0.2, 0) is 4.79 Å². The van der Waals surface area contributed by atoms with Gasteiger partial charge in [-0.15, -0.1) is 0 Å². The Balaban J connectivity index is 1.36. The standard InChI is InChI=1S/C21H24N4OS/c1-15-8-9-18-19(14-15)23-21(22-18)27-16(2)20(26)25-12-10-24(11-13-25)17-6-4-3-5-7-17/h3-9,14,16H,10-13H2,1-2H3,(H,22,23). The van der Waals surface area contributed by atoms with Crippen molar-refractivity contribution in [3.63, 3.8) is 0 Å². The number of carbonyl (C=O) groups is 1. The molecule has 0 spiro atoms. The first-order chi connectivity index (χ1) is 13.1. The van der Waals surface area contributed by atoms with E-state index in [0.717, 1.165) is 42.4 Å². The molecular formula is C21H24N4OS. The zero-order valence-corrected chi connectivity index (χ0v) is 16.5. The van der Waals surface area contributed by atoms with Crippen LogP contribution in [0.2, 0.25) is 0 Å². The van der Waals surface area contributed by atoms with Gasteiger partial charge in [0.1, 0.15) is 0 Å². The molecule has 1 aromatic heterocycles. The van der Waals surface area contributed by atoms with E-state index in [2.05, 4.69) is 58.2 Å². The van der Waals surface area contributed by atoms with Crippen LogP contribution in [0.4, 0.5) is 5.69 Å². The lowest BCUT2D eigenvalue weighted by Crippen LogP contribution is -2.50. The first-order valence-corrected chi connectivity index (χ1v) is 10.2. The lowest BCUT2D eigenvalue weighted by molar-refractivity contribution is -0.130. The molecule has 0 bridgehead atoms. The normalized spacial score (nSPS) is 15.9. The van der Waals surface area contributed by atoms with Gasteiger partial charge in [-0.3, -0.25) is 4.79 Å². The molecule has 0 saturated carbocycles. The molecule has 6 heteroatoms. The fourth-order valence-electron chi connectivity index (χ4n) is 3.45. The van der Waals surface area contributed by atoms with Crippen LogP contribution >= 0.6 is 11.8 Å². The number of nitrogens with zero attached hydrogens (tertiary/aromatic N) is 3. The number of anilines is 1. The Morgan fingerprint density at radius 3 is 2.59 bits per heavy atom. The smallest absolute Gasteiger partial charge is 0.236 e. The summed E-state index contributed by atoms with van der Waals surface area (Å²) in [6.07, 6.45) is 0. The van der Waals surface area contributed by atoms with Gasteiger partial charge in [0.05, 0.1) is 16.3 Å². The van der Waals surface area contributed by atoms with E-state index < -0.39 is 0 Å². The Morgan fingerprint density at radius 2 is 1.85 bits per heavy atom. The number of nitrogens with one attached hydrogen (secondary N) is 1. The number of hydrogen-bond acceptors (Lipinski definition) is 4. The van der Waals surface area contributed by atoms with E-state index in [0.29, 0.717) is 0 Å². The highest BCUT2D eigenvalue weighted by atomic mass is 32.2. The summed E-state index contributed by atoms with van der Waals surface area (Å²) < 4.78 is 0. The Kier molecular flexibility index (Phi) is 5.07. The molecule has 1 fully saturated rings. The summed E-state index contributed by atoms with van der Waals surface area (Å²) in [6.45, 7) is 7.30. The summed E-state index contributed by atoms with van der Waals surface area (Å²) in [5, 5.41) is 0.648. The number of aromatic nitrogens is 2. The molecule has 0 radical (unpaired) electrons. The van der Waals surface area contributed by atoms with E-state index >= 15 is 0 Å². The number of H-pyrrole nitrogens is 1. The number of aromatic amines is 1. The Bertz CT molecular complexity index is 932. The monoisotopic (exact) mass is 380 g/mol. The number of fused-ring (bicyclic) bond motifs is 1. The minimum atomic E-state index is -0.157. The Hall–Kier alpha value is -2.47. The van der Waals surface area contributed by atoms with Gasteiger partial charge in [-0.2, -0.15) is 0 Å². The van der Waals surface area contributed by atoms with E-state index in [4.69, 9.17) is 0 Å². The highest BCUT2D eigenvalue weighted by Gasteiger charge is 2.26. The van der Waals surface area contributed by atoms with Crippen LogP contribution < -0.4 is 4.90 Å². The molecule has 2 heterocycles. The van der Waals surface area contributed by atoms with Gasteiger partial charge in [-0.05, 0) is 43.7 Å². The number of piperazine rings is 1. The maximum atomic E-state index is 12.9. The first kappa shape index (κ1) is 17.9. The Morgan fingerprint density at radius 1 is 1.11 bits per heavy atom. The molecular weight excluding hydrogens is 356 g/mol. The largest absolute Gasteiger partial charge is 0.368 e. The fraction of sp³-hybridized carbons (Fsp3) is 0.333. The maximum Gasteiger partial charge on any atom is 0.236 e. The van der Waals surface area contributed by atoms with Gasteiger partial charge in [-0.25, -0.2) is 4.98 Å². The van der Waals surface area contributed by atoms with Gasteiger partial charge in [0.2, 0.25) is 5.91 Å². The summed E-state index contributed by atoms with van der Waals surface area (Å²) in [7, 11) is 0. The minimum absolute atomic E-state index is 0.157. The molecule has 27 heavy (non-hydrogen) atoms. The lowest BCUT2D eigenvalue weighted by Gasteiger charge is -2.37. The van der Waals surface area contributed by atoms with Gasteiger partial charge in [-0.1, -0.05) is 36.0 Å². The van der Waals surface area contributed by atoms with E-state index in [9.17, 15) is 4.79 Å². The van der Waals surface area contributed by atoms with Gasteiger partial charge in [0.15, 0.2) is 5.16 Å². The first-order valence-electron chi connectivity index (χ1n) is 9.32. The third-order valence-electron chi connectivity index (χ3n) is 4.96. The molecule has 2 aromatic carbocycles. The summed E-state index contributed by atoms with van der Waals surface area (Å²) in [4.78, 5) is 25.1.